The number of carboxylic acids is 1. The van der Waals surface area contributed by atoms with Crippen molar-refractivity contribution in [3.8, 4) is 0 Å². The van der Waals surface area contributed by atoms with Crippen molar-refractivity contribution in [2.75, 3.05) is 0 Å². The Morgan fingerprint density at radius 3 is 2.85 bits per heavy atom. The monoisotopic (exact) mass is 262 g/mol. The number of thiophene rings is 1. The number of halogens is 1. The summed E-state index contributed by atoms with van der Waals surface area (Å²) >= 11 is 4.99. The van der Waals surface area contributed by atoms with Gasteiger partial charge in [-0.25, -0.2) is 0 Å². The SMILES string of the molecule is CCC(Cc1sccc1Br)C(=O)O. The summed E-state index contributed by atoms with van der Waals surface area (Å²) in [6.07, 6.45) is 1.31. The summed E-state index contributed by atoms with van der Waals surface area (Å²) in [5, 5.41) is 10.8. The lowest BCUT2D eigenvalue weighted by molar-refractivity contribution is -0.141. The summed E-state index contributed by atoms with van der Waals surface area (Å²) in [7, 11) is 0. The molecular formula is C9H11BrO2S. The summed E-state index contributed by atoms with van der Waals surface area (Å²) in [5.74, 6) is -0.960. The van der Waals surface area contributed by atoms with E-state index in [9.17, 15) is 4.79 Å². The number of rotatable bonds is 4. The van der Waals surface area contributed by atoms with E-state index in [4.69, 9.17) is 5.11 Å². The summed E-state index contributed by atoms with van der Waals surface area (Å²) in [6.45, 7) is 1.90. The first kappa shape index (κ1) is 10.7. The Morgan fingerprint density at radius 1 is 1.77 bits per heavy atom. The number of hydrogen-bond donors (Lipinski definition) is 1. The maximum absolute atomic E-state index is 10.8. The molecule has 1 heterocycles. The van der Waals surface area contributed by atoms with Gasteiger partial charge in [0.1, 0.15) is 0 Å². The molecule has 1 unspecified atom stereocenters. The zero-order valence-corrected chi connectivity index (χ0v) is 9.69. The second-order valence-corrected chi connectivity index (χ2v) is 4.69. The van der Waals surface area contributed by atoms with Crippen LogP contribution in [0.3, 0.4) is 0 Å². The number of hydrogen-bond acceptors (Lipinski definition) is 2. The van der Waals surface area contributed by atoms with Crippen LogP contribution in [0, 0.1) is 5.92 Å². The van der Waals surface area contributed by atoms with E-state index in [-0.39, 0.29) is 5.92 Å². The van der Waals surface area contributed by atoms with Gasteiger partial charge in [0.2, 0.25) is 0 Å². The van der Waals surface area contributed by atoms with Crippen molar-refractivity contribution >= 4 is 33.2 Å². The minimum Gasteiger partial charge on any atom is -0.481 e. The first-order valence-corrected chi connectivity index (χ1v) is 5.77. The maximum Gasteiger partial charge on any atom is 0.306 e. The molecular weight excluding hydrogens is 252 g/mol. The summed E-state index contributed by atoms with van der Waals surface area (Å²) in [4.78, 5) is 11.9. The van der Waals surface area contributed by atoms with E-state index in [1.165, 1.54) is 0 Å². The van der Waals surface area contributed by atoms with Crippen LogP contribution in [-0.4, -0.2) is 11.1 Å². The highest BCUT2D eigenvalue weighted by molar-refractivity contribution is 9.10. The molecule has 0 amide bonds. The molecule has 0 aliphatic heterocycles. The van der Waals surface area contributed by atoms with Gasteiger partial charge in [0.05, 0.1) is 5.92 Å². The molecule has 4 heteroatoms. The molecule has 1 N–H and O–H groups in total. The molecule has 0 aromatic carbocycles. The van der Waals surface area contributed by atoms with Gasteiger partial charge in [0.25, 0.3) is 0 Å². The fourth-order valence-electron chi connectivity index (χ4n) is 1.10. The fraction of sp³-hybridized carbons (Fsp3) is 0.444. The zero-order chi connectivity index (χ0) is 9.84. The second-order valence-electron chi connectivity index (χ2n) is 2.84. The van der Waals surface area contributed by atoms with Crippen LogP contribution in [0.1, 0.15) is 18.2 Å². The molecule has 0 aliphatic rings. The minimum absolute atomic E-state index is 0.255. The molecule has 72 valence electrons. The molecule has 0 radical (unpaired) electrons. The molecule has 0 spiro atoms. The van der Waals surface area contributed by atoms with Crippen LogP contribution in [-0.2, 0) is 11.2 Å². The standard InChI is InChI=1S/C9H11BrO2S/c1-2-6(9(11)12)5-8-7(10)3-4-13-8/h3-4,6H,2,5H2,1H3,(H,11,12). The van der Waals surface area contributed by atoms with Crippen LogP contribution in [0.25, 0.3) is 0 Å². The third kappa shape index (κ3) is 2.81. The summed E-state index contributed by atoms with van der Waals surface area (Å²) < 4.78 is 1.03. The highest BCUT2D eigenvalue weighted by atomic mass is 79.9. The Kier molecular flexibility index (Phi) is 3.93. The number of carbonyl (C=O) groups is 1. The van der Waals surface area contributed by atoms with Gasteiger partial charge in [-0.15, -0.1) is 11.3 Å². The molecule has 1 atom stereocenters. The molecule has 0 bridgehead atoms. The molecule has 1 rings (SSSR count). The topological polar surface area (TPSA) is 37.3 Å². The lowest BCUT2D eigenvalue weighted by Crippen LogP contribution is -2.14. The fourth-order valence-corrected chi connectivity index (χ4v) is 2.70. The largest absolute Gasteiger partial charge is 0.481 e. The predicted molar refractivity (Wildman–Crippen MR) is 57.1 cm³/mol. The smallest absolute Gasteiger partial charge is 0.306 e. The van der Waals surface area contributed by atoms with Gasteiger partial charge in [-0.05, 0) is 40.2 Å². The van der Waals surface area contributed by atoms with Crippen molar-refractivity contribution < 1.29 is 9.90 Å². The van der Waals surface area contributed by atoms with Crippen molar-refractivity contribution in [1.82, 2.24) is 0 Å². The van der Waals surface area contributed by atoms with Gasteiger partial charge in [-0.2, -0.15) is 0 Å². The molecule has 0 saturated heterocycles. The van der Waals surface area contributed by atoms with E-state index in [0.717, 1.165) is 9.35 Å². The molecule has 1 aromatic heterocycles. The van der Waals surface area contributed by atoms with Gasteiger partial charge in [0, 0.05) is 9.35 Å². The van der Waals surface area contributed by atoms with Crippen molar-refractivity contribution in [1.29, 1.82) is 0 Å². The van der Waals surface area contributed by atoms with Gasteiger partial charge in [0.15, 0.2) is 0 Å². The minimum atomic E-state index is -0.706. The van der Waals surface area contributed by atoms with Crippen molar-refractivity contribution in [3.63, 3.8) is 0 Å². The third-order valence-corrected chi connectivity index (χ3v) is 3.91. The van der Waals surface area contributed by atoms with E-state index in [0.29, 0.717) is 12.8 Å². The number of aliphatic carboxylic acids is 1. The Morgan fingerprint density at radius 2 is 2.46 bits per heavy atom. The van der Waals surface area contributed by atoms with E-state index in [1.54, 1.807) is 11.3 Å². The third-order valence-electron chi connectivity index (χ3n) is 1.96. The molecule has 2 nitrogen and oxygen atoms in total. The van der Waals surface area contributed by atoms with Crippen LogP contribution >= 0.6 is 27.3 Å². The molecule has 0 fully saturated rings. The normalized spacial score (nSPS) is 12.8. The number of carboxylic acid groups (broad SMARTS) is 1. The van der Waals surface area contributed by atoms with Crippen molar-refractivity contribution in [2.45, 2.75) is 19.8 Å². The van der Waals surface area contributed by atoms with Crippen LogP contribution in [0.4, 0.5) is 0 Å². The van der Waals surface area contributed by atoms with Gasteiger partial charge in [-0.1, -0.05) is 6.92 Å². The lowest BCUT2D eigenvalue weighted by atomic mass is 10.0. The first-order chi connectivity index (χ1) is 6.15. The quantitative estimate of drug-likeness (QED) is 0.905. The maximum atomic E-state index is 10.8. The van der Waals surface area contributed by atoms with Crippen molar-refractivity contribution in [2.24, 2.45) is 5.92 Å². The Labute approximate surface area is 89.7 Å². The first-order valence-electron chi connectivity index (χ1n) is 4.09. The van der Waals surface area contributed by atoms with Crippen LogP contribution in [0.15, 0.2) is 15.9 Å². The van der Waals surface area contributed by atoms with Crippen LogP contribution in [0.2, 0.25) is 0 Å². The highest BCUT2D eigenvalue weighted by Crippen LogP contribution is 2.26. The van der Waals surface area contributed by atoms with E-state index < -0.39 is 5.97 Å². The Balaban J connectivity index is 2.67. The van der Waals surface area contributed by atoms with Gasteiger partial charge < -0.3 is 5.11 Å². The molecule has 0 aliphatic carbocycles. The summed E-state index contributed by atoms with van der Waals surface area (Å²) in [5.41, 5.74) is 0. The Hall–Kier alpha value is -0.350. The van der Waals surface area contributed by atoms with E-state index in [1.807, 2.05) is 18.4 Å². The molecule has 13 heavy (non-hydrogen) atoms. The average Bonchev–Trinajstić information content (AvgIpc) is 2.46. The Bertz CT molecular complexity index is 296. The van der Waals surface area contributed by atoms with Crippen molar-refractivity contribution in [3.05, 3.63) is 20.8 Å². The van der Waals surface area contributed by atoms with E-state index >= 15 is 0 Å². The van der Waals surface area contributed by atoms with Gasteiger partial charge in [-0.3, -0.25) is 4.79 Å². The second kappa shape index (κ2) is 4.77. The van der Waals surface area contributed by atoms with E-state index in [2.05, 4.69) is 15.9 Å². The summed E-state index contributed by atoms with van der Waals surface area (Å²) in [6, 6.07) is 1.95. The van der Waals surface area contributed by atoms with Crippen LogP contribution in [0.5, 0.6) is 0 Å². The van der Waals surface area contributed by atoms with Gasteiger partial charge >= 0.3 is 5.97 Å². The predicted octanol–water partition coefficient (Wildman–Crippen LogP) is 3.16. The van der Waals surface area contributed by atoms with Crippen LogP contribution < -0.4 is 0 Å². The molecule has 0 saturated carbocycles. The molecule has 1 aromatic rings. The lowest BCUT2D eigenvalue weighted by Gasteiger charge is -2.07. The highest BCUT2D eigenvalue weighted by Gasteiger charge is 2.17. The zero-order valence-electron chi connectivity index (χ0n) is 7.29. The average molecular weight is 263 g/mol.